The maximum atomic E-state index is 12.8. The Bertz CT molecular complexity index is 527. The van der Waals surface area contributed by atoms with Crippen molar-refractivity contribution in [1.29, 1.82) is 0 Å². The molecule has 0 saturated heterocycles. The van der Waals surface area contributed by atoms with Crippen molar-refractivity contribution in [3.05, 3.63) is 35.9 Å². The molecule has 1 fully saturated rings. The third-order valence-corrected chi connectivity index (χ3v) is 5.35. The van der Waals surface area contributed by atoms with E-state index in [1.54, 1.807) is 7.05 Å². The molecule has 2 amide bonds. The molecule has 2 rings (SSSR count). The van der Waals surface area contributed by atoms with Gasteiger partial charge in [0.1, 0.15) is 6.04 Å². The van der Waals surface area contributed by atoms with Gasteiger partial charge in [0.05, 0.1) is 5.41 Å². The van der Waals surface area contributed by atoms with Gasteiger partial charge in [-0.05, 0) is 18.4 Å². The fraction of sp³-hybridized carbons (Fsp3) is 0.556. The summed E-state index contributed by atoms with van der Waals surface area (Å²) in [6.45, 7) is 0. The summed E-state index contributed by atoms with van der Waals surface area (Å²) >= 11 is 4.42. The van der Waals surface area contributed by atoms with Crippen LogP contribution in [-0.2, 0) is 16.0 Å². The molecular formula is C18H26N2O2S. The summed E-state index contributed by atoms with van der Waals surface area (Å²) in [6.07, 6.45) is 5.48. The van der Waals surface area contributed by atoms with E-state index < -0.39 is 11.5 Å². The lowest BCUT2D eigenvalue weighted by molar-refractivity contribution is -0.135. The number of carbonyl (C=O) groups is 2. The minimum absolute atomic E-state index is 0.0308. The topological polar surface area (TPSA) is 58.2 Å². The fourth-order valence-corrected chi connectivity index (χ4v) is 3.69. The predicted octanol–water partition coefficient (Wildman–Crippen LogP) is 2.34. The van der Waals surface area contributed by atoms with E-state index in [0.29, 0.717) is 12.2 Å². The molecule has 0 radical (unpaired) electrons. The minimum Gasteiger partial charge on any atom is -0.357 e. The lowest BCUT2D eigenvalue weighted by atomic mass is 9.74. The Labute approximate surface area is 143 Å². The SMILES string of the molecule is CNC(=O)[C@H](Cc1ccccc1)NC(=O)C1(CS)CCCCC1. The van der Waals surface area contributed by atoms with Gasteiger partial charge in [0.25, 0.3) is 0 Å². The zero-order valence-corrected chi connectivity index (χ0v) is 14.6. The second kappa shape index (κ2) is 8.39. The normalized spacial score (nSPS) is 18.0. The van der Waals surface area contributed by atoms with Crippen LogP contribution in [0.2, 0.25) is 0 Å². The van der Waals surface area contributed by atoms with Crippen molar-refractivity contribution < 1.29 is 9.59 Å². The summed E-state index contributed by atoms with van der Waals surface area (Å²) in [7, 11) is 1.60. The number of benzene rings is 1. The molecule has 23 heavy (non-hydrogen) atoms. The monoisotopic (exact) mass is 334 g/mol. The van der Waals surface area contributed by atoms with Crippen LogP contribution < -0.4 is 10.6 Å². The summed E-state index contributed by atoms with van der Waals surface area (Å²) in [5.41, 5.74) is 0.606. The van der Waals surface area contributed by atoms with Gasteiger partial charge in [0.2, 0.25) is 11.8 Å². The third-order valence-electron chi connectivity index (χ3n) is 4.75. The van der Waals surface area contributed by atoms with E-state index in [1.807, 2.05) is 30.3 Å². The maximum Gasteiger partial charge on any atom is 0.242 e. The molecule has 1 aliphatic rings. The Kier molecular flexibility index (Phi) is 6.51. The number of likely N-dealkylation sites (N-methyl/N-ethyl adjacent to an activating group) is 1. The highest BCUT2D eigenvalue weighted by Gasteiger charge is 2.39. The van der Waals surface area contributed by atoms with Crippen molar-refractivity contribution in [2.45, 2.75) is 44.6 Å². The lowest BCUT2D eigenvalue weighted by Crippen LogP contribution is -2.53. The second-order valence-corrected chi connectivity index (χ2v) is 6.65. The first-order valence-corrected chi connectivity index (χ1v) is 8.92. The van der Waals surface area contributed by atoms with Gasteiger partial charge in [-0.25, -0.2) is 0 Å². The van der Waals surface area contributed by atoms with E-state index in [4.69, 9.17) is 0 Å². The molecule has 5 heteroatoms. The van der Waals surface area contributed by atoms with Crippen LogP contribution in [0.5, 0.6) is 0 Å². The summed E-state index contributed by atoms with van der Waals surface area (Å²) in [5.74, 6) is 0.342. The fourth-order valence-electron chi connectivity index (χ4n) is 3.23. The molecule has 2 N–H and O–H groups in total. The number of hydrogen-bond donors (Lipinski definition) is 3. The molecule has 1 aliphatic carbocycles. The highest BCUT2D eigenvalue weighted by Crippen LogP contribution is 2.37. The van der Waals surface area contributed by atoms with Crippen molar-refractivity contribution in [3.63, 3.8) is 0 Å². The van der Waals surface area contributed by atoms with Crippen molar-refractivity contribution >= 4 is 24.4 Å². The Morgan fingerprint density at radius 1 is 1.17 bits per heavy atom. The summed E-state index contributed by atoms with van der Waals surface area (Å²) in [6, 6.07) is 9.21. The Balaban J connectivity index is 2.10. The van der Waals surface area contributed by atoms with Crippen LogP contribution in [0.15, 0.2) is 30.3 Å². The van der Waals surface area contributed by atoms with E-state index in [0.717, 1.165) is 31.2 Å². The van der Waals surface area contributed by atoms with E-state index in [9.17, 15) is 9.59 Å². The van der Waals surface area contributed by atoms with Crippen LogP contribution >= 0.6 is 12.6 Å². The molecule has 1 atom stereocenters. The number of hydrogen-bond acceptors (Lipinski definition) is 3. The molecule has 126 valence electrons. The van der Waals surface area contributed by atoms with Crippen LogP contribution in [0.4, 0.5) is 0 Å². The number of carbonyl (C=O) groups excluding carboxylic acids is 2. The number of rotatable bonds is 6. The average Bonchev–Trinajstić information content (AvgIpc) is 2.61. The smallest absolute Gasteiger partial charge is 0.242 e. The Hall–Kier alpha value is -1.49. The summed E-state index contributed by atoms with van der Waals surface area (Å²) in [4.78, 5) is 25.0. The van der Waals surface area contributed by atoms with Gasteiger partial charge < -0.3 is 10.6 Å². The number of amides is 2. The first-order valence-electron chi connectivity index (χ1n) is 8.28. The van der Waals surface area contributed by atoms with Crippen LogP contribution in [0.25, 0.3) is 0 Å². The van der Waals surface area contributed by atoms with Crippen molar-refractivity contribution in [1.82, 2.24) is 10.6 Å². The minimum atomic E-state index is -0.548. The summed E-state index contributed by atoms with van der Waals surface area (Å²) < 4.78 is 0. The zero-order valence-electron chi connectivity index (χ0n) is 13.7. The highest BCUT2D eigenvalue weighted by atomic mass is 32.1. The molecule has 1 aromatic carbocycles. The van der Waals surface area contributed by atoms with Crippen molar-refractivity contribution in [3.8, 4) is 0 Å². The van der Waals surface area contributed by atoms with Crippen molar-refractivity contribution in [2.24, 2.45) is 5.41 Å². The van der Waals surface area contributed by atoms with Gasteiger partial charge in [0, 0.05) is 19.2 Å². The van der Waals surface area contributed by atoms with Crippen LogP contribution in [0.3, 0.4) is 0 Å². The van der Waals surface area contributed by atoms with Crippen LogP contribution in [0.1, 0.15) is 37.7 Å². The largest absolute Gasteiger partial charge is 0.357 e. The first kappa shape index (κ1) is 17.9. The second-order valence-electron chi connectivity index (χ2n) is 6.33. The van der Waals surface area contributed by atoms with Crippen molar-refractivity contribution in [2.75, 3.05) is 12.8 Å². The first-order chi connectivity index (χ1) is 11.1. The van der Waals surface area contributed by atoms with Gasteiger partial charge >= 0.3 is 0 Å². The van der Waals surface area contributed by atoms with Crippen LogP contribution in [0, 0.1) is 5.41 Å². The van der Waals surface area contributed by atoms with Crippen LogP contribution in [-0.4, -0.2) is 30.7 Å². The molecule has 0 unspecified atom stereocenters. The summed E-state index contributed by atoms with van der Waals surface area (Å²) in [5, 5.41) is 5.63. The van der Waals surface area contributed by atoms with E-state index in [-0.39, 0.29) is 11.8 Å². The molecule has 1 aromatic rings. The molecule has 0 aliphatic heterocycles. The average molecular weight is 334 g/mol. The van der Waals surface area contributed by atoms with E-state index in [1.165, 1.54) is 6.42 Å². The van der Waals surface area contributed by atoms with Gasteiger partial charge in [-0.1, -0.05) is 49.6 Å². The molecule has 0 bridgehead atoms. The standard InChI is InChI=1S/C18H26N2O2S/c1-19-16(21)15(12-14-8-4-2-5-9-14)20-17(22)18(13-23)10-6-3-7-11-18/h2,4-5,8-9,15,23H,3,6-7,10-13H2,1H3,(H,19,21)(H,20,22)/t15-/m0/s1. The molecule has 4 nitrogen and oxygen atoms in total. The van der Waals surface area contributed by atoms with E-state index in [2.05, 4.69) is 23.3 Å². The highest BCUT2D eigenvalue weighted by molar-refractivity contribution is 7.80. The molecule has 0 heterocycles. The molecule has 1 saturated carbocycles. The molecular weight excluding hydrogens is 308 g/mol. The Morgan fingerprint density at radius 3 is 2.39 bits per heavy atom. The molecule has 0 spiro atoms. The molecule has 0 aromatic heterocycles. The van der Waals surface area contributed by atoms with Gasteiger partial charge in [0.15, 0.2) is 0 Å². The van der Waals surface area contributed by atoms with Gasteiger partial charge in [-0.2, -0.15) is 12.6 Å². The van der Waals surface area contributed by atoms with E-state index >= 15 is 0 Å². The third kappa shape index (κ3) is 4.50. The number of nitrogens with one attached hydrogen (secondary N) is 2. The maximum absolute atomic E-state index is 12.8. The zero-order chi connectivity index (χ0) is 16.7. The number of thiol groups is 1. The van der Waals surface area contributed by atoms with Gasteiger partial charge in [-0.15, -0.1) is 0 Å². The Morgan fingerprint density at radius 2 is 1.83 bits per heavy atom. The van der Waals surface area contributed by atoms with Gasteiger partial charge in [-0.3, -0.25) is 9.59 Å². The quantitative estimate of drug-likeness (QED) is 0.700. The lowest BCUT2D eigenvalue weighted by Gasteiger charge is -2.35. The predicted molar refractivity (Wildman–Crippen MR) is 95.5 cm³/mol.